The molecule has 27 heavy (non-hydrogen) atoms. The molecule has 1 aliphatic carbocycles. The molecule has 0 atom stereocenters. The molecule has 0 bridgehead atoms. The largest absolute Gasteiger partial charge is 0.352 e. The molecule has 8 heteroatoms. The highest BCUT2D eigenvalue weighted by Crippen LogP contribution is 2.27. The van der Waals surface area contributed by atoms with Crippen LogP contribution in [-0.4, -0.2) is 33.6 Å². The number of primary sulfonamides is 1. The number of ketones is 2. The van der Waals surface area contributed by atoms with Crippen LogP contribution in [0.4, 0.5) is 5.69 Å². The maximum Gasteiger partial charge on any atom is 0.238 e. The molecule has 0 spiro atoms. The van der Waals surface area contributed by atoms with E-state index < -0.39 is 21.6 Å². The number of rotatable bonds is 6. The van der Waals surface area contributed by atoms with Gasteiger partial charge < -0.3 is 10.6 Å². The molecule has 2 aromatic carbocycles. The van der Waals surface area contributed by atoms with Crippen molar-refractivity contribution in [2.45, 2.75) is 11.3 Å². The minimum absolute atomic E-state index is 0.0165. The van der Waals surface area contributed by atoms with E-state index in [1.54, 1.807) is 6.07 Å². The Balaban J connectivity index is 1.94. The van der Waals surface area contributed by atoms with Gasteiger partial charge in [-0.15, -0.1) is 0 Å². The van der Waals surface area contributed by atoms with Crippen LogP contribution in [-0.2, 0) is 16.4 Å². The molecule has 0 fully saturated rings. The summed E-state index contributed by atoms with van der Waals surface area (Å²) in [5.41, 5.74) is 1.66. The molecule has 3 rings (SSSR count). The number of hydrogen-bond donors (Lipinski definition) is 3. The van der Waals surface area contributed by atoms with E-state index in [0.29, 0.717) is 5.69 Å². The molecule has 2 aromatic rings. The van der Waals surface area contributed by atoms with Crippen molar-refractivity contribution in [3.8, 4) is 0 Å². The van der Waals surface area contributed by atoms with E-state index in [9.17, 15) is 18.0 Å². The van der Waals surface area contributed by atoms with Crippen molar-refractivity contribution in [3.63, 3.8) is 0 Å². The first-order valence-electron chi connectivity index (χ1n) is 8.28. The van der Waals surface area contributed by atoms with Crippen LogP contribution in [0.2, 0.25) is 0 Å². The Morgan fingerprint density at radius 3 is 2.52 bits per heavy atom. The summed E-state index contributed by atoms with van der Waals surface area (Å²) in [4.78, 5) is 24.9. The Labute approximate surface area is 157 Å². The first kappa shape index (κ1) is 19.0. The lowest BCUT2D eigenvalue weighted by molar-refractivity contribution is 0.0983. The Kier molecular flexibility index (Phi) is 5.22. The molecule has 140 valence electrons. The van der Waals surface area contributed by atoms with Crippen molar-refractivity contribution in [1.29, 1.82) is 0 Å². The van der Waals surface area contributed by atoms with Gasteiger partial charge in [-0.3, -0.25) is 9.59 Å². The van der Waals surface area contributed by atoms with Gasteiger partial charge in [0.1, 0.15) is 0 Å². The smallest absolute Gasteiger partial charge is 0.238 e. The number of sulfonamides is 1. The quantitative estimate of drug-likeness (QED) is 0.693. The third kappa shape index (κ3) is 3.97. The van der Waals surface area contributed by atoms with Gasteiger partial charge in [-0.25, -0.2) is 13.6 Å². The van der Waals surface area contributed by atoms with Gasteiger partial charge in [0.25, 0.3) is 0 Å². The topological polar surface area (TPSA) is 118 Å². The third-order valence-electron chi connectivity index (χ3n) is 4.21. The van der Waals surface area contributed by atoms with Crippen molar-refractivity contribution >= 4 is 27.3 Å². The summed E-state index contributed by atoms with van der Waals surface area (Å²) in [5, 5.41) is 11.2. The SMILES string of the molecule is CNCCc1cccc(NC2=CC(=O)c3c(cccc3S(N)(=O)=O)C2=O)c1. The second-order valence-corrected chi connectivity index (χ2v) is 7.68. The van der Waals surface area contributed by atoms with E-state index >= 15 is 0 Å². The predicted octanol–water partition coefficient (Wildman–Crippen LogP) is 1.47. The maximum atomic E-state index is 12.8. The number of fused-ring (bicyclic) bond motifs is 1. The van der Waals surface area contributed by atoms with Gasteiger partial charge in [0, 0.05) is 17.3 Å². The minimum atomic E-state index is -4.12. The van der Waals surface area contributed by atoms with E-state index in [0.717, 1.165) is 24.6 Å². The normalized spacial score (nSPS) is 13.9. The zero-order valence-corrected chi connectivity index (χ0v) is 15.5. The van der Waals surface area contributed by atoms with E-state index in [-0.39, 0.29) is 21.7 Å². The van der Waals surface area contributed by atoms with Gasteiger partial charge in [-0.1, -0.05) is 24.3 Å². The second-order valence-electron chi connectivity index (χ2n) is 6.15. The zero-order chi connectivity index (χ0) is 19.6. The van der Waals surface area contributed by atoms with Crippen LogP contribution in [0.5, 0.6) is 0 Å². The highest BCUT2D eigenvalue weighted by atomic mass is 32.2. The van der Waals surface area contributed by atoms with Gasteiger partial charge in [0.15, 0.2) is 5.78 Å². The standard InChI is InChI=1S/C19H19N3O4S/c1-21-9-8-12-4-2-5-13(10-12)22-15-11-16(23)18-14(19(15)24)6-3-7-17(18)27(20,25)26/h2-7,10-11,21-22H,8-9H2,1H3,(H2,20,25,26). The zero-order valence-electron chi connectivity index (χ0n) is 14.7. The van der Waals surface area contributed by atoms with Crippen LogP contribution < -0.4 is 15.8 Å². The number of hydrogen-bond acceptors (Lipinski definition) is 6. The summed E-state index contributed by atoms with van der Waals surface area (Å²) in [6.07, 6.45) is 1.93. The highest BCUT2D eigenvalue weighted by molar-refractivity contribution is 7.89. The molecule has 0 aromatic heterocycles. The first-order valence-corrected chi connectivity index (χ1v) is 9.83. The predicted molar refractivity (Wildman–Crippen MR) is 102 cm³/mol. The molecule has 0 radical (unpaired) electrons. The number of anilines is 1. The molecule has 4 N–H and O–H groups in total. The molecule has 0 heterocycles. The lowest BCUT2D eigenvalue weighted by Gasteiger charge is -2.18. The Morgan fingerprint density at radius 2 is 1.81 bits per heavy atom. The summed E-state index contributed by atoms with van der Waals surface area (Å²) in [6.45, 7) is 0.813. The van der Waals surface area contributed by atoms with Gasteiger partial charge in [-0.2, -0.15) is 0 Å². The molecule has 0 saturated heterocycles. The summed E-state index contributed by atoms with van der Waals surface area (Å²) in [7, 11) is -2.25. The summed E-state index contributed by atoms with van der Waals surface area (Å²) in [5.74, 6) is -1.04. The fourth-order valence-corrected chi connectivity index (χ4v) is 3.71. The average Bonchev–Trinajstić information content (AvgIpc) is 2.63. The molecule has 7 nitrogen and oxygen atoms in total. The van der Waals surface area contributed by atoms with Gasteiger partial charge in [0.05, 0.1) is 16.2 Å². The Hall–Kier alpha value is -2.81. The fraction of sp³-hybridized carbons (Fsp3) is 0.158. The van der Waals surface area contributed by atoms with Gasteiger partial charge in [-0.05, 0) is 43.8 Å². The van der Waals surface area contributed by atoms with Crippen molar-refractivity contribution in [3.05, 3.63) is 70.9 Å². The number of likely N-dealkylation sites (N-methyl/N-ethyl adjacent to an activating group) is 1. The average molecular weight is 385 g/mol. The number of carbonyl (C=O) groups excluding carboxylic acids is 2. The molecular weight excluding hydrogens is 366 g/mol. The van der Waals surface area contributed by atoms with Crippen LogP contribution in [0.15, 0.2) is 59.1 Å². The van der Waals surface area contributed by atoms with E-state index in [2.05, 4.69) is 10.6 Å². The summed E-state index contributed by atoms with van der Waals surface area (Å²) >= 11 is 0. The number of benzene rings is 2. The van der Waals surface area contributed by atoms with Crippen LogP contribution in [0.3, 0.4) is 0 Å². The number of Topliss-reactive ketones (excluding diaryl/α,β-unsaturated/α-hetero) is 1. The maximum absolute atomic E-state index is 12.8. The van der Waals surface area contributed by atoms with Gasteiger partial charge in [0.2, 0.25) is 15.8 Å². The highest BCUT2D eigenvalue weighted by Gasteiger charge is 2.30. The van der Waals surface area contributed by atoms with Crippen molar-refractivity contribution in [1.82, 2.24) is 5.32 Å². The lowest BCUT2D eigenvalue weighted by Crippen LogP contribution is -2.25. The number of nitrogens with two attached hydrogens (primary N) is 1. The number of nitrogens with one attached hydrogen (secondary N) is 2. The number of allylic oxidation sites excluding steroid dienone is 2. The molecule has 0 saturated carbocycles. The third-order valence-corrected chi connectivity index (χ3v) is 5.17. The van der Waals surface area contributed by atoms with Gasteiger partial charge >= 0.3 is 0 Å². The van der Waals surface area contributed by atoms with Crippen LogP contribution in [0.1, 0.15) is 26.3 Å². The second kappa shape index (κ2) is 7.43. The van der Waals surface area contributed by atoms with Crippen molar-refractivity contribution in [2.24, 2.45) is 5.14 Å². The molecule has 0 amide bonds. The molecule has 1 aliphatic rings. The Morgan fingerprint density at radius 1 is 1.07 bits per heavy atom. The van der Waals surface area contributed by atoms with Crippen LogP contribution in [0, 0.1) is 0 Å². The number of carbonyl (C=O) groups is 2. The first-order chi connectivity index (χ1) is 12.8. The van der Waals surface area contributed by atoms with E-state index in [4.69, 9.17) is 5.14 Å². The van der Waals surface area contributed by atoms with E-state index in [1.165, 1.54) is 18.2 Å². The monoisotopic (exact) mass is 385 g/mol. The molecule has 0 unspecified atom stereocenters. The summed E-state index contributed by atoms with van der Waals surface area (Å²) < 4.78 is 23.5. The lowest BCUT2D eigenvalue weighted by atomic mass is 9.92. The van der Waals surface area contributed by atoms with Crippen LogP contribution >= 0.6 is 0 Å². The minimum Gasteiger partial charge on any atom is -0.352 e. The van der Waals surface area contributed by atoms with Crippen molar-refractivity contribution < 1.29 is 18.0 Å². The Bertz CT molecular complexity index is 1060. The van der Waals surface area contributed by atoms with Crippen molar-refractivity contribution in [2.75, 3.05) is 18.9 Å². The molecular formula is C19H19N3O4S. The summed E-state index contributed by atoms with van der Waals surface area (Å²) in [6, 6.07) is 11.5. The molecule has 0 aliphatic heterocycles. The van der Waals surface area contributed by atoms with E-state index in [1.807, 2.05) is 25.2 Å². The fourth-order valence-electron chi connectivity index (χ4n) is 2.95. The van der Waals surface area contributed by atoms with Crippen LogP contribution in [0.25, 0.3) is 0 Å².